The molecule has 1 atom stereocenters. The van der Waals surface area contributed by atoms with Crippen molar-refractivity contribution in [3.05, 3.63) is 35.5 Å². The van der Waals surface area contributed by atoms with E-state index < -0.39 is 12.0 Å². The van der Waals surface area contributed by atoms with Crippen LogP contribution in [0.5, 0.6) is 0 Å². The van der Waals surface area contributed by atoms with Gasteiger partial charge < -0.3 is 15.0 Å². The second-order valence-corrected chi connectivity index (χ2v) is 4.19. The summed E-state index contributed by atoms with van der Waals surface area (Å²) in [6.45, 7) is 2.03. The van der Waals surface area contributed by atoms with Gasteiger partial charge in [-0.15, -0.1) is 0 Å². The Kier molecular flexibility index (Phi) is 2.90. The molecule has 0 amide bonds. The predicted octanol–water partition coefficient (Wildman–Crippen LogP) is 1.66. The quantitative estimate of drug-likeness (QED) is 0.801. The summed E-state index contributed by atoms with van der Waals surface area (Å²) in [6.07, 6.45) is 0. The van der Waals surface area contributed by atoms with Gasteiger partial charge in [0.15, 0.2) is 0 Å². The van der Waals surface area contributed by atoms with Crippen molar-refractivity contribution in [2.45, 2.75) is 13.0 Å². The van der Waals surface area contributed by atoms with Crippen LogP contribution in [0.4, 0.5) is 0 Å². The lowest BCUT2D eigenvalue weighted by molar-refractivity contribution is -0.142. The summed E-state index contributed by atoms with van der Waals surface area (Å²) in [7, 11) is 3.24. The molecule has 0 saturated heterocycles. The standard InChI is InChI=1S/C13H16N2O2/c1-8-4-5-10-9(6-8)7-11(15(10)2)12(14)13(16)17-3/h4-7,12H,14H2,1-3H3. The van der Waals surface area contributed by atoms with E-state index in [0.29, 0.717) is 0 Å². The summed E-state index contributed by atoms with van der Waals surface area (Å²) in [4.78, 5) is 11.4. The van der Waals surface area contributed by atoms with Crippen molar-refractivity contribution >= 4 is 16.9 Å². The number of hydrogen-bond donors (Lipinski definition) is 1. The Balaban J connectivity index is 2.55. The number of rotatable bonds is 2. The smallest absolute Gasteiger partial charge is 0.328 e. The van der Waals surface area contributed by atoms with Crippen LogP contribution in [0, 0.1) is 6.92 Å². The summed E-state index contributed by atoms with van der Waals surface area (Å²) in [5.41, 5.74) is 8.86. The predicted molar refractivity (Wildman–Crippen MR) is 66.6 cm³/mol. The number of methoxy groups -OCH3 is 1. The molecule has 2 rings (SSSR count). The Bertz CT molecular complexity index is 572. The lowest BCUT2D eigenvalue weighted by Crippen LogP contribution is -2.24. The lowest BCUT2D eigenvalue weighted by atomic mass is 10.1. The lowest BCUT2D eigenvalue weighted by Gasteiger charge is -2.10. The molecule has 0 aliphatic carbocycles. The number of nitrogens with zero attached hydrogens (tertiary/aromatic N) is 1. The van der Waals surface area contributed by atoms with Crippen LogP contribution in [0.25, 0.3) is 10.9 Å². The van der Waals surface area contributed by atoms with Gasteiger partial charge in [0.2, 0.25) is 0 Å². The van der Waals surface area contributed by atoms with E-state index in [9.17, 15) is 4.79 Å². The fourth-order valence-electron chi connectivity index (χ4n) is 2.04. The highest BCUT2D eigenvalue weighted by Crippen LogP contribution is 2.23. The highest BCUT2D eigenvalue weighted by molar-refractivity contribution is 5.85. The minimum atomic E-state index is -0.738. The molecule has 17 heavy (non-hydrogen) atoms. The van der Waals surface area contributed by atoms with E-state index in [0.717, 1.165) is 16.6 Å². The maximum absolute atomic E-state index is 11.4. The van der Waals surface area contributed by atoms with Gasteiger partial charge in [0.1, 0.15) is 6.04 Å². The van der Waals surface area contributed by atoms with Gasteiger partial charge in [-0.3, -0.25) is 0 Å². The number of hydrogen-bond acceptors (Lipinski definition) is 3. The minimum Gasteiger partial charge on any atom is -0.468 e. The molecule has 4 heteroatoms. The molecule has 2 aromatic rings. The van der Waals surface area contributed by atoms with Crippen LogP contribution in [0.1, 0.15) is 17.3 Å². The van der Waals surface area contributed by atoms with E-state index in [1.54, 1.807) is 0 Å². The third kappa shape index (κ3) is 1.91. The Morgan fingerprint density at radius 3 is 2.76 bits per heavy atom. The first-order valence-electron chi connectivity index (χ1n) is 5.44. The monoisotopic (exact) mass is 232 g/mol. The van der Waals surface area contributed by atoms with Crippen LogP contribution in [-0.4, -0.2) is 17.6 Å². The molecule has 0 aliphatic rings. The Morgan fingerprint density at radius 2 is 2.12 bits per heavy atom. The highest BCUT2D eigenvalue weighted by atomic mass is 16.5. The summed E-state index contributed by atoms with van der Waals surface area (Å²) >= 11 is 0. The van der Waals surface area contributed by atoms with Crippen LogP contribution < -0.4 is 5.73 Å². The zero-order chi connectivity index (χ0) is 12.6. The largest absolute Gasteiger partial charge is 0.468 e. The number of carbonyl (C=O) groups is 1. The van der Waals surface area contributed by atoms with Crippen LogP contribution in [-0.2, 0) is 16.6 Å². The van der Waals surface area contributed by atoms with Crippen molar-refractivity contribution < 1.29 is 9.53 Å². The van der Waals surface area contributed by atoms with Crippen molar-refractivity contribution in [2.75, 3.05) is 7.11 Å². The zero-order valence-electron chi connectivity index (χ0n) is 10.2. The molecule has 2 N–H and O–H groups in total. The first-order valence-corrected chi connectivity index (χ1v) is 5.44. The van der Waals surface area contributed by atoms with Crippen LogP contribution in [0.3, 0.4) is 0 Å². The average molecular weight is 232 g/mol. The van der Waals surface area contributed by atoms with E-state index in [1.807, 2.05) is 36.7 Å². The fraction of sp³-hybridized carbons (Fsp3) is 0.308. The maximum Gasteiger partial charge on any atom is 0.328 e. The number of ether oxygens (including phenoxy) is 1. The van der Waals surface area contributed by atoms with Crippen LogP contribution >= 0.6 is 0 Å². The molecule has 90 valence electrons. The summed E-state index contributed by atoms with van der Waals surface area (Å²) in [6, 6.07) is 7.33. The van der Waals surface area contributed by atoms with Gasteiger partial charge in [0.25, 0.3) is 0 Å². The molecule has 1 aromatic carbocycles. The molecule has 1 unspecified atom stereocenters. The number of carbonyl (C=O) groups excluding carboxylic acids is 1. The van der Waals surface area contributed by atoms with E-state index in [1.165, 1.54) is 12.7 Å². The molecule has 1 aromatic heterocycles. The van der Waals surface area contributed by atoms with Gasteiger partial charge in [-0.25, -0.2) is 4.79 Å². The molecule has 1 heterocycles. The molecule has 0 aliphatic heterocycles. The van der Waals surface area contributed by atoms with Crippen LogP contribution in [0.2, 0.25) is 0 Å². The topological polar surface area (TPSA) is 57.2 Å². The van der Waals surface area contributed by atoms with Crippen molar-refractivity contribution in [1.29, 1.82) is 0 Å². The van der Waals surface area contributed by atoms with Gasteiger partial charge in [0, 0.05) is 23.6 Å². The number of aromatic nitrogens is 1. The van der Waals surface area contributed by atoms with Gasteiger partial charge in [0.05, 0.1) is 7.11 Å². The Morgan fingerprint density at radius 1 is 1.41 bits per heavy atom. The van der Waals surface area contributed by atoms with Gasteiger partial charge in [-0.05, 0) is 25.1 Å². The number of aryl methyl sites for hydroxylation is 2. The molecular weight excluding hydrogens is 216 g/mol. The van der Waals surface area contributed by atoms with Crippen molar-refractivity contribution in [2.24, 2.45) is 12.8 Å². The first-order chi connectivity index (χ1) is 8.04. The summed E-state index contributed by atoms with van der Waals surface area (Å²) in [5, 5.41) is 1.09. The fourth-order valence-corrected chi connectivity index (χ4v) is 2.04. The molecule has 0 fully saturated rings. The number of fused-ring (bicyclic) bond motifs is 1. The van der Waals surface area contributed by atoms with Crippen molar-refractivity contribution in [1.82, 2.24) is 4.57 Å². The molecule has 0 spiro atoms. The van der Waals surface area contributed by atoms with E-state index in [2.05, 4.69) is 10.8 Å². The van der Waals surface area contributed by atoms with Crippen molar-refractivity contribution in [3.8, 4) is 0 Å². The van der Waals surface area contributed by atoms with E-state index in [4.69, 9.17) is 5.73 Å². The third-order valence-corrected chi connectivity index (χ3v) is 3.01. The van der Waals surface area contributed by atoms with Crippen molar-refractivity contribution in [3.63, 3.8) is 0 Å². The molecule has 4 nitrogen and oxygen atoms in total. The number of esters is 1. The number of nitrogens with two attached hydrogens (primary N) is 1. The van der Waals surface area contributed by atoms with Gasteiger partial charge in [-0.1, -0.05) is 11.6 Å². The molecule has 0 bridgehead atoms. The average Bonchev–Trinajstić information content (AvgIpc) is 2.64. The van der Waals surface area contributed by atoms with E-state index >= 15 is 0 Å². The summed E-state index contributed by atoms with van der Waals surface area (Å²) in [5.74, 6) is -0.423. The zero-order valence-corrected chi connectivity index (χ0v) is 10.2. The Labute approximate surface area is 100.0 Å². The second kappa shape index (κ2) is 4.22. The highest BCUT2D eigenvalue weighted by Gasteiger charge is 2.20. The van der Waals surface area contributed by atoms with Gasteiger partial charge >= 0.3 is 5.97 Å². The normalized spacial score (nSPS) is 12.7. The van der Waals surface area contributed by atoms with E-state index in [-0.39, 0.29) is 0 Å². The summed E-state index contributed by atoms with van der Waals surface area (Å²) < 4.78 is 6.59. The SMILES string of the molecule is COC(=O)C(N)c1cc2cc(C)ccc2n1C. The van der Waals surface area contributed by atoms with Crippen LogP contribution in [0.15, 0.2) is 24.3 Å². The molecular formula is C13H16N2O2. The second-order valence-electron chi connectivity index (χ2n) is 4.19. The molecule has 0 saturated carbocycles. The first kappa shape index (κ1) is 11.7. The molecule has 0 radical (unpaired) electrons. The minimum absolute atomic E-state index is 0.423. The maximum atomic E-state index is 11.4. The number of benzene rings is 1. The van der Waals surface area contributed by atoms with Gasteiger partial charge in [-0.2, -0.15) is 0 Å². The Hall–Kier alpha value is -1.81. The third-order valence-electron chi connectivity index (χ3n) is 3.01.